The Labute approximate surface area is 234 Å². The molecular formula is C28H31Cl2N3O4S. The van der Waals surface area contributed by atoms with Crippen molar-refractivity contribution in [1.29, 1.82) is 0 Å². The minimum atomic E-state index is -4.20. The number of benzene rings is 3. The first-order valence-electron chi connectivity index (χ1n) is 12.2. The van der Waals surface area contributed by atoms with Crippen molar-refractivity contribution in [2.45, 2.75) is 44.7 Å². The molecule has 3 aromatic carbocycles. The van der Waals surface area contributed by atoms with Crippen LogP contribution < -0.4 is 9.62 Å². The van der Waals surface area contributed by atoms with E-state index in [1.54, 1.807) is 25.1 Å². The molecule has 0 bridgehead atoms. The van der Waals surface area contributed by atoms with Gasteiger partial charge < -0.3 is 10.2 Å². The lowest BCUT2D eigenvalue weighted by atomic mass is 10.1. The summed E-state index contributed by atoms with van der Waals surface area (Å²) in [5, 5.41) is 3.22. The quantitative estimate of drug-likeness (QED) is 0.330. The van der Waals surface area contributed by atoms with Crippen molar-refractivity contribution in [3.8, 4) is 0 Å². The summed E-state index contributed by atoms with van der Waals surface area (Å²) in [4.78, 5) is 28.2. The molecule has 0 heterocycles. The van der Waals surface area contributed by atoms with Gasteiger partial charge in [-0.15, -0.1) is 0 Å². The fourth-order valence-electron chi connectivity index (χ4n) is 3.87. The molecule has 0 saturated heterocycles. The largest absolute Gasteiger partial charge is 0.354 e. The Morgan fingerprint density at radius 2 is 1.63 bits per heavy atom. The summed E-state index contributed by atoms with van der Waals surface area (Å²) < 4.78 is 28.5. The normalized spacial score (nSPS) is 12.0. The molecule has 1 atom stereocenters. The molecule has 0 aliphatic rings. The van der Waals surface area contributed by atoms with Crippen molar-refractivity contribution in [2.75, 3.05) is 17.4 Å². The van der Waals surface area contributed by atoms with Crippen LogP contribution in [-0.2, 0) is 26.2 Å². The molecule has 0 saturated carbocycles. The van der Waals surface area contributed by atoms with Crippen LogP contribution in [0.1, 0.15) is 31.4 Å². The molecule has 0 radical (unpaired) electrons. The maximum atomic E-state index is 13.9. The molecule has 38 heavy (non-hydrogen) atoms. The first-order valence-corrected chi connectivity index (χ1v) is 14.4. The first-order chi connectivity index (χ1) is 18.1. The summed E-state index contributed by atoms with van der Waals surface area (Å²) in [6.45, 7) is 5.50. The summed E-state index contributed by atoms with van der Waals surface area (Å²) in [7, 11) is -4.20. The zero-order valence-corrected chi connectivity index (χ0v) is 23.9. The molecular weight excluding hydrogens is 545 g/mol. The van der Waals surface area contributed by atoms with Crippen molar-refractivity contribution in [3.05, 3.63) is 94.0 Å². The van der Waals surface area contributed by atoms with Crippen LogP contribution in [0, 0.1) is 6.92 Å². The summed E-state index contributed by atoms with van der Waals surface area (Å²) in [5.74, 6) is -0.881. The molecule has 0 spiro atoms. The standard InChI is InChI=1S/C28H31Cl2N3O4S/c1-4-16-31-28(35)21(3)32(18-22-11-9-8-10-20(22)2)27(34)19-33(26-15-14-23(29)17-25(26)30)38(36,37)24-12-6-5-7-13-24/h5-15,17,21H,4,16,18-19H2,1-3H3,(H,31,35). The molecule has 7 nitrogen and oxygen atoms in total. The van der Waals surface area contributed by atoms with Gasteiger partial charge in [-0.3, -0.25) is 13.9 Å². The van der Waals surface area contributed by atoms with Gasteiger partial charge >= 0.3 is 0 Å². The zero-order chi connectivity index (χ0) is 27.9. The van der Waals surface area contributed by atoms with Gasteiger partial charge in [0, 0.05) is 18.1 Å². The van der Waals surface area contributed by atoms with Gasteiger partial charge in [0.25, 0.3) is 10.0 Å². The van der Waals surface area contributed by atoms with Gasteiger partial charge in [0.15, 0.2) is 0 Å². The van der Waals surface area contributed by atoms with Crippen LogP contribution >= 0.6 is 23.2 Å². The molecule has 0 aromatic heterocycles. The third-order valence-corrected chi connectivity index (χ3v) is 8.42. The van der Waals surface area contributed by atoms with Gasteiger partial charge in [-0.1, -0.05) is 72.6 Å². The number of aryl methyl sites for hydroxylation is 1. The Hall–Kier alpha value is -3.07. The molecule has 3 rings (SSSR count). The maximum absolute atomic E-state index is 13.9. The lowest BCUT2D eigenvalue weighted by molar-refractivity contribution is -0.139. The lowest BCUT2D eigenvalue weighted by Crippen LogP contribution is -2.51. The van der Waals surface area contributed by atoms with Crippen molar-refractivity contribution >= 4 is 50.7 Å². The van der Waals surface area contributed by atoms with E-state index in [4.69, 9.17) is 23.2 Å². The number of halogens is 2. The molecule has 0 aliphatic heterocycles. The van der Waals surface area contributed by atoms with Gasteiger partial charge in [0.2, 0.25) is 11.8 Å². The van der Waals surface area contributed by atoms with E-state index >= 15 is 0 Å². The van der Waals surface area contributed by atoms with Crippen molar-refractivity contribution < 1.29 is 18.0 Å². The number of amides is 2. The molecule has 10 heteroatoms. The van der Waals surface area contributed by atoms with Gasteiger partial charge in [0.1, 0.15) is 12.6 Å². The SMILES string of the molecule is CCCNC(=O)C(C)N(Cc1ccccc1C)C(=O)CN(c1ccc(Cl)cc1Cl)S(=O)(=O)c1ccccc1. The minimum absolute atomic E-state index is 0.00184. The molecule has 1 unspecified atom stereocenters. The molecule has 0 fully saturated rings. The Bertz CT molecular complexity index is 1380. The minimum Gasteiger partial charge on any atom is -0.354 e. The highest BCUT2D eigenvalue weighted by Crippen LogP contribution is 2.33. The van der Waals surface area contributed by atoms with Gasteiger partial charge in [-0.05, 0) is 61.7 Å². The van der Waals surface area contributed by atoms with E-state index in [0.29, 0.717) is 11.6 Å². The predicted molar refractivity (Wildman–Crippen MR) is 152 cm³/mol. The number of nitrogens with one attached hydrogen (secondary N) is 1. The summed E-state index contributed by atoms with van der Waals surface area (Å²) >= 11 is 12.5. The maximum Gasteiger partial charge on any atom is 0.264 e. The highest BCUT2D eigenvalue weighted by atomic mass is 35.5. The number of anilines is 1. The number of hydrogen-bond donors (Lipinski definition) is 1. The number of hydrogen-bond acceptors (Lipinski definition) is 4. The zero-order valence-electron chi connectivity index (χ0n) is 21.5. The van der Waals surface area contributed by atoms with E-state index in [2.05, 4.69) is 5.32 Å². The third-order valence-electron chi connectivity index (χ3n) is 6.11. The van der Waals surface area contributed by atoms with Crippen molar-refractivity contribution in [1.82, 2.24) is 10.2 Å². The lowest BCUT2D eigenvalue weighted by Gasteiger charge is -2.32. The highest BCUT2D eigenvalue weighted by molar-refractivity contribution is 7.92. The molecule has 2 amide bonds. The van der Waals surface area contributed by atoms with Crippen LogP contribution in [0.15, 0.2) is 77.7 Å². The number of carbonyl (C=O) groups is 2. The van der Waals surface area contributed by atoms with Crippen LogP contribution in [0.3, 0.4) is 0 Å². The number of nitrogens with zero attached hydrogens (tertiary/aromatic N) is 2. The number of sulfonamides is 1. The fraction of sp³-hybridized carbons (Fsp3) is 0.286. The van der Waals surface area contributed by atoms with Crippen LogP contribution in [0.25, 0.3) is 0 Å². The first kappa shape index (κ1) is 29.5. The summed E-state index contributed by atoms with van der Waals surface area (Å²) in [6, 6.07) is 18.9. The number of rotatable bonds is 11. The summed E-state index contributed by atoms with van der Waals surface area (Å²) in [6.07, 6.45) is 0.738. The van der Waals surface area contributed by atoms with Crippen LogP contribution in [-0.4, -0.2) is 44.3 Å². The Morgan fingerprint density at radius 3 is 2.26 bits per heavy atom. The van der Waals surface area contributed by atoms with Gasteiger partial charge in [0.05, 0.1) is 15.6 Å². The topological polar surface area (TPSA) is 86.8 Å². The monoisotopic (exact) mass is 575 g/mol. The smallest absolute Gasteiger partial charge is 0.264 e. The van der Waals surface area contributed by atoms with E-state index < -0.39 is 28.5 Å². The average molecular weight is 577 g/mol. The van der Waals surface area contributed by atoms with Crippen molar-refractivity contribution in [3.63, 3.8) is 0 Å². The number of carbonyl (C=O) groups excluding carboxylic acids is 2. The Balaban J connectivity index is 2.05. The molecule has 0 aliphatic carbocycles. The second-order valence-electron chi connectivity index (χ2n) is 8.84. The summed E-state index contributed by atoms with van der Waals surface area (Å²) in [5.41, 5.74) is 1.89. The van der Waals surface area contributed by atoms with Crippen LogP contribution in [0.4, 0.5) is 5.69 Å². The fourth-order valence-corrected chi connectivity index (χ4v) is 5.88. The average Bonchev–Trinajstić information content (AvgIpc) is 2.90. The van der Waals surface area contributed by atoms with E-state index in [-0.39, 0.29) is 28.1 Å². The second-order valence-corrected chi connectivity index (χ2v) is 11.5. The Kier molecular flexibility index (Phi) is 10.2. The Morgan fingerprint density at radius 1 is 0.974 bits per heavy atom. The van der Waals surface area contributed by atoms with Crippen molar-refractivity contribution in [2.24, 2.45) is 0 Å². The molecule has 202 valence electrons. The molecule has 3 aromatic rings. The van der Waals surface area contributed by atoms with E-state index in [9.17, 15) is 18.0 Å². The van der Waals surface area contributed by atoms with Crippen LogP contribution in [0.2, 0.25) is 10.0 Å². The van der Waals surface area contributed by atoms with E-state index in [1.165, 1.54) is 35.2 Å². The van der Waals surface area contributed by atoms with E-state index in [0.717, 1.165) is 21.9 Å². The third kappa shape index (κ3) is 7.07. The molecule has 1 N–H and O–H groups in total. The predicted octanol–water partition coefficient (Wildman–Crippen LogP) is 5.44. The van der Waals surface area contributed by atoms with Crippen LogP contribution in [0.5, 0.6) is 0 Å². The van der Waals surface area contributed by atoms with E-state index in [1.807, 2.05) is 38.1 Å². The second kappa shape index (κ2) is 13.1. The highest BCUT2D eigenvalue weighted by Gasteiger charge is 2.33. The van der Waals surface area contributed by atoms with Gasteiger partial charge in [-0.2, -0.15) is 0 Å². The van der Waals surface area contributed by atoms with Gasteiger partial charge in [-0.25, -0.2) is 8.42 Å².